The van der Waals surface area contributed by atoms with Crippen LogP contribution in [0.1, 0.15) is 280 Å². The van der Waals surface area contributed by atoms with Crippen molar-refractivity contribution in [1.29, 1.82) is 0 Å². The second kappa shape index (κ2) is 39.1. The lowest BCUT2D eigenvalue weighted by Crippen LogP contribution is -2.17. The van der Waals surface area contributed by atoms with Gasteiger partial charge in [-0.05, 0) is 62.2 Å². The van der Waals surface area contributed by atoms with E-state index in [0.717, 1.165) is 31.6 Å². The summed E-state index contributed by atoms with van der Waals surface area (Å²) in [6, 6.07) is 0. The molecule has 0 heterocycles. The Morgan fingerprint density at radius 3 is 1.08 bits per heavy atom. The van der Waals surface area contributed by atoms with Crippen LogP contribution in [0, 0.1) is 23.7 Å². The number of Topliss-reactive ketones (excluding diaryl/α,β-unsaturated/α-hetero) is 1. The van der Waals surface area contributed by atoms with Gasteiger partial charge in [0.2, 0.25) is 0 Å². The Bertz CT molecular complexity index is 699. The minimum atomic E-state index is 0.497. The van der Waals surface area contributed by atoms with Crippen molar-refractivity contribution in [3.8, 4) is 0 Å². The van der Waals surface area contributed by atoms with Crippen molar-refractivity contribution in [2.45, 2.75) is 280 Å². The monoisotopic (exact) mass is 715 g/mol. The fourth-order valence-corrected chi connectivity index (χ4v) is 8.08. The number of hydrogen-bond acceptors (Lipinski definition) is 1. The minimum Gasteiger partial charge on any atom is -0.300 e. The largest absolute Gasteiger partial charge is 0.300 e. The van der Waals surface area contributed by atoms with Gasteiger partial charge < -0.3 is 0 Å². The van der Waals surface area contributed by atoms with Crippen LogP contribution in [0.3, 0.4) is 0 Å². The topological polar surface area (TPSA) is 17.1 Å². The summed E-state index contributed by atoms with van der Waals surface area (Å²) in [5.41, 5.74) is 1.75. The second-order valence-electron chi connectivity index (χ2n) is 17.9. The molecule has 0 aromatic carbocycles. The molecule has 3 unspecified atom stereocenters. The summed E-state index contributed by atoms with van der Waals surface area (Å²) in [6.45, 7) is 16.5. The lowest BCUT2D eigenvalue weighted by Gasteiger charge is -2.25. The predicted octanol–water partition coefficient (Wildman–Crippen LogP) is 18.1. The zero-order chi connectivity index (χ0) is 37.6. The lowest BCUT2D eigenvalue weighted by atomic mass is 9.80. The molecule has 304 valence electrons. The molecular weight excluding hydrogens is 617 g/mol. The second-order valence-corrected chi connectivity index (χ2v) is 17.9. The molecule has 0 saturated carbocycles. The smallest absolute Gasteiger partial charge is 0.132 e. The summed E-state index contributed by atoms with van der Waals surface area (Å²) in [5, 5.41) is 0. The molecule has 0 fully saturated rings. The standard InChI is InChI=1S/C50H98O/c1-8-10-12-14-16-18-20-22-24-26-28-30-32-34-39-49(40-35-33-31-29-27-25-23-21-19-17-15-13-11-9-2)44-47(6)48(7)46(5)42-43-50(51)41-37-36-38-45(3)4/h44-48H,8-43H2,1-7H3. The Balaban J connectivity index is 4.49. The molecule has 51 heavy (non-hydrogen) atoms. The number of hydrogen-bond donors (Lipinski definition) is 0. The maximum atomic E-state index is 12.6. The molecule has 0 spiro atoms. The van der Waals surface area contributed by atoms with Crippen LogP contribution in [0.5, 0.6) is 0 Å². The Kier molecular flexibility index (Phi) is 38.7. The Labute approximate surface area is 324 Å². The molecule has 0 radical (unpaired) electrons. The Morgan fingerprint density at radius 1 is 0.392 bits per heavy atom. The molecule has 0 aliphatic carbocycles. The van der Waals surface area contributed by atoms with Gasteiger partial charge in [-0.1, -0.05) is 240 Å². The molecule has 0 bridgehead atoms. The number of carbonyl (C=O) groups excluding carboxylic acids is 1. The van der Waals surface area contributed by atoms with Crippen molar-refractivity contribution in [2.24, 2.45) is 23.7 Å². The number of rotatable bonds is 41. The summed E-state index contributed by atoms with van der Waals surface area (Å²) in [5.74, 6) is 3.11. The van der Waals surface area contributed by atoms with Crippen molar-refractivity contribution < 1.29 is 4.79 Å². The van der Waals surface area contributed by atoms with Gasteiger partial charge in [0.25, 0.3) is 0 Å². The van der Waals surface area contributed by atoms with Crippen molar-refractivity contribution in [3.05, 3.63) is 11.6 Å². The molecule has 0 N–H and O–H groups in total. The summed E-state index contributed by atoms with van der Waals surface area (Å²) < 4.78 is 0. The predicted molar refractivity (Wildman–Crippen MR) is 233 cm³/mol. The van der Waals surface area contributed by atoms with Gasteiger partial charge in [-0.3, -0.25) is 4.79 Å². The summed E-state index contributed by atoms with van der Waals surface area (Å²) in [7, 11) is 0. The van der Waals surface area contributed by atoms with Gasteiger partial charge in [-0.2, -0.15) is 0 Å². The highest BCUT2D eigenvalue weighted by molar-refractivity contribution is 5.78. The van der Waals surface area contributed by atoms with Gasteiger partial charge in [0, 0.05) is 12.8 Å². The lowest BCUT2D eigenvalue weighted by molar-refractivity contribution is -0.119. The summed E-state index contributed by atoms with van der Waals surface area (Å²) in [6.07, 6.45) is 51.7. The van der Waals surface area contributed by atoms with Gasteiger partial charge >= 0.3 is 0 Å². The molecule has 0 saturated heterocycles. The van der Waals surface area contributed by atoms with Crippen LogP contribution < -0.4 is 0 Å². The molecule has 1 nitrogen and oxygen atoms in total. The first-order chi connectivity index (χ1) is 24.8. The van der Waals surface area contributed by atoms with E-state index in [1.54, 1.807) is 5.57 Å². The van der Waals surface area contributed by atoms with Gasteiger partial charge in [0.15, 0.2) is 0 Å². The van der Waals surface area contributed by atoms with E-state index in [0.29, 0.717) is 23.5 Å². The van der Waals surface area contributed by atoms with E-state index in [9.17, 15) is 4.79 Å². The fourth-order valence-electron chi connectivity index (χ4n) is 8.08. The highest BCUT2D eigenvalue weighted by atomic mass is 16.1. The molecule has 0 aromatic rings. The molecule has 0 aromatic heterocycles. The Hall–Kier alpha value is -0.590. The maximum absolute atomic E-state index is 12.6. The quantitative estimate of drug-likeness (QED) is 0.0455. The first-order valence-corrected chi connectivity index (χ1v) is 24.0. The SMILES string of the molecule is CCCCCCCCCCCCCCCCC(=CC(C)C(C)C(C)CCC(=O)CCCCC(C)C)CCCCCCCCCCCCCCCC. The Morgan fingerprint density at radius 2 is 0.725 bits per heavy atom. The number of unbranched alkanes of at least 4 members (excludes halogenated alkanes) is 27. The van der Waals surface area contributed by atoms with Gasteiger partial charge in [0.05, 0.1) is 0 Å². The third-order valence-corrected chi connectivity index (χ3v) is 12.3. The van der Waals surface area contributed by atoms with Gasteiger partial charge in [0.1, 0.15) is 5.78 Å². The van der Waals surface area contributed by atoms with Crippen LogP contribution in [0.4, 0.5) is 0 Å². The number of carbonyl (C=O) groups is 1. The third-order valence-electron chi connectivity index (χ3n) is 12.3. The summed E-state index contributed by atoms with van der Waals surface area (Å²) in [4.78, 5) is 12.6. The average molecular weight is 715 g/mol. The zero-order valence-electron chi connectivity index (χ0n) is 36.8. The third kappa shape index (κ3) is 36.2. The van der Waals surface area contributed by atoms with Gasteiger partial charge in [-0.15, -0.1) is 0 Å². The van der Waals surface area contributed by atoms with Crippen LogP contribution in [0.25, 0.3) is 0 Å². The van der Waals surface area contributed by atoms with Crippen molar-refractivity contribution in [3.63, 3.8) is 0 Å². The fraction of sp³-hybridized carbons (Fsp3) is 0.940. The van der Waals surface area contributed by atoms with E-state index in [4.69, 9.17) is 0 Å². The van der Waals surface area contributed by atoms with Crippen LogP contribution in [0.2, 0.25) is 0 Å². The van der Waals surface area contributed by atoms with Crippen LogP contribution >= 0.6 is 0 Å². The van der Waals surface area contributed by atoms with E-state index in [1.165, 1.54) is 205 Å². The van der Waals surface area contributed by atoms with E-state index in [2.05, 4.69) is 54.5 Å². The van der Waals surface area contributed by atoms with Crippen LogP contribution in [-0.4, -0.2) is 5.78 Å². The molecule has 0 amide bonds. The number of allylic oxidation sites excluding steroid dienone is 2. The molecule has 0 aliphatic rings. The summed E-state index contributed by atoms with van der Waals surface area (Å²) >= 11 is 0. The number of ketones is 1. The normalized spacial score (nSPS) is 13.5. The molecule has 1 heteroatoms. The van der Waals surface area contributed by atoms with E-state index >= 15 is 0 Å². The van der Waals surface area contributed by atoms with Crippen LogP contribution in [-0.2, 0) is 4.79 Å². The van der Waals surface area contributed by atoms with E-state index < -0.39 is 0 Å². The van der Waals surface area contributed by atoms with Crippen molar-refractivity contribution >= 4 is 5.78 Å². The maximum Gasteiger partial charge on any atom is 0.132 e. The van der Waals surface area contributed by atoms with Crippen molar-refractivity contribution in [2.75, 3.05) is 0 Å². The molecular formula is C50H98O. The minimum absolute atomic E-state index is 0.497. The van der Waals surface area contributed by atoms with Crippen LogP contribution in [0.15, 0.2) is 11.6 Å². The molecule has 0 rings (SSSR count). The molecule has 3 atom stereocenters. The molecule has 0 aliphatic heterocycles. The van der Waals surface area contributed by atoms with E-state index in [1.807, 2.05) is 0 Å². The van der Waals surface area contributed by atoms with E-state index in [-0.39, 0.29) is 0 Å². The highest BCUT2D eigenvalue weighted by Gasteiger charge is 2.19. The zero-order valence-corrected chi connectivity index (χ0v) is 36.8. The average Bonchev–Trinajstić information content (AvgIpc) is 3.11. The first kappa shape index (κ1) is 50.4. The van der Waals surface area contributed by atoms with Crippen molar-refractivity contribution in [1.82, 2.24) is 0 Å². The highest BCUT2D eigenvalue weighted by Crippen LogP contribution is 2.29. The van der Waals surface area contributed by atoms with Gasteiger partial charge in [-0.25, -0.2) is 0 Å². The first-order valence-electron chi connectivity index (χ1n) is 24.0.